The molecule has 8 heteroatoms. The van der Waals surface area contributed by atoms with Crippen molar-refractivity contribution < 1.29 is 29.3 Å². The first-order chi connectivity index (χ1) is 15.3. The molecule has 0 spiro atoms. The number of nitrogens with zero attached hydrogens (tertiary/aromatic N) is 1. The number of hydrogen-bond donors (Lipinski definition) is 3. The fraction of sp³-hybridized carbons (Fsp3) is 0.375. The third-order valence-corrected chi connectivity index (χ3v) is 5.31. The van der Waals surface area contributed by atoms with E-state index in [0.717, 1.165) is 12.1 Å². The first kappa shape index (κ1) is 24.9. The number of amides is 1. The molecule has 0 saturated carbocycles. The van der Waals surface area contributed by atoms with Crippen LogP contribution in [0.25, 0.3) is 0 Å². The van der Waals surface area contributed by atoms with Crippen molar-refractivity contribution in [1.82, 2.24) is 10.2 Å². The molecule has 0 aromatic heterocycles. The van der Waals surface area contributed by atoms with Crippen LogP contribution in [0.15, 0.2) is 60.7 Å². The molecule has 3 N–H and O–H groups in total. The molecule has 1 heterocycles. The number of carboxylic acid groups (broad SMARTS) is 2. The Hall–Kier alpha value is -3.39. The number of rotatable bonds is 7. The van der Waals surface area contributed by atoms with Gasteiger partial charge >= 0.3 is 18.0 Å². The van der Waals surface area contributed by atoms with Crippen molar-refractivity contribution in [2.45, 2.75) is 44.9 Å². The highest BCUT2D eigenvalue weighted by molar-refractivity contribution is 5.79. The van der Waals surface area contributed by atoms with Gasteiger partial charge < -0.3 is 20.3 Å². The van der Waals surface area contributed by atoms with Gasteiger partial charge in [0, 0.05) is 13.1 Å². The topological polar surface area (TPSA) is 116 Å². The summed E-state index contributed by atoms with van der Waals surface area (Å²) in [5, 5.41) is 20.7. The lowest BCUT2D eigenvalue weighted by Gasteiger charge is -2.24. The molecule has 3 atom stereocenters. The van der Waals surface area contributed by atoms with E-state index in [9.17, 15) is 14.4 Å². The van der Waals surface area contributed by atoms with Crippen LogP contribution in [0.2, 0.25) is 0 Å². The average Bonchev–Trinajstić information content (AvgIpc) is 3.31. The van der Waals surface area contributed by atoms with E-state index in [2.05, 4.69) is 17.4 Å². The van der Waals surface area contributed by atoms with Crippen LogP contribution in [0.1, 0.15) is 37.3 Å². The van der Waals surface area contributed by atoms with E-state index in [0.29, 0.717) is 18.9 Å². The monoisotopic (exact) mass is 442 g/mol. The highest BCUT2D eigenvalue weighted by atomic mass is 16.6. The summed E-state index contributed by atoms with van der Waals surface area (Å²) in [6.45, 7) is 4.36. The number of carbonyl (C=O) groups is 3. The molecule has 2 aromatic carbocycles. The number of carbonyl (C=O) groups excluding carboxylic acids is 1. The Labute approximate surface area is 187 Å². The number of nitrogens with one attached hydrogen (secondary N) is 1. The Bertz CT molecular complexity index is 875. The lowest BCUT2D eigenvalue weighted by molar-refractivity contribution is -0.142. The number of likely N-dealkylation sites (N-methyl/N-ethyl adjacent to an activating group) is 1. The highest BCUT2D eigenvalue weighted by Gasteiger charge is 2.29. The van der Waals surface area contributed by atoms with Gasteiger partial charge in [-0.15, -0.1) is 0 Å². The predicted molar refractivity (Wildman–Crippen MR) is 119 cm³/mol. The van der Waals surface area contributed by atoms with Crippen molar-refractivity contribution in [2.24, 2.45) is 0 Å². The summed E-state index contributed by atoms with van der Waals surface area (Å²) >= 11 is 0. The molecule has 0 aliphatic carbocycles. The lowest BCUT2D eigenvalue weighted by atomic mass is 9.96. The molecule has 32 heavy (non-hydrogen) atoms. The average molecular weight is 443 g/mol. The second kappa shape index (κ2) is 12.5. The minimum atomic E-state index is -1.05. The summed E-state index contributed by atoms with van der Waals surface area (Å²) in [6.07, 6.45) is 0.0792. The smallest absolute Gasteiger partial charge is 0.410 e. The maximum atomic E-state index is 11.7. The summed E-state index contributed by atoms with van der Waals surface area (Å²) in [4.78, 5) is 34.5. The Morgan fingerprint density at radius 2 is 1.66 bits per heavy atom. The molecule has 8 nitrogen and oxygen atoms in total. The second-order valence-electron chi connectivity index (χ2n) is 7.48. The second-order valence-corrected chi connectivity index (χ2v) is 7.48. The summed E-state index contributed by atoms with van der Waals surface area (Å²) in [6, 6.07) is 18.0. The van der Waals surface area contributed by atoms with Crippen LogP contribution in [-0.4, -0.2) is 58.3 Å². The summed E-state index contributed by atoms with van der Waals surface area (Å²) < 4.78 is 5.08. The maximum absolute atomic E-state index is 11.7. The predicted octanol–water partition coefficient (Wildman–Crippen LogP) is 3.33. The van der Waals surface area contributed by atoms with Crippen LogP contribution in [0.3, 0.4) is 0 Å². The summed E-state index contributed by atoms with van der Waals surface area (Å²) in [5.41, 5.74) is 2.09. The summed E-state index contributed by atoms with van der Waals surface area (Å²) in [7, 11) is 0. The zero-order valence-electron chi connectivity index (χ0n) is 18.3. The van der Waals surface area contributed by atoms with Gasteiger partial charge in [0.05, 0.1) is 0 Å². The van der Waals surface area contributed by atoms with Crippen molar-refractivity contribution in [3.63, 3.8) is 0 Å². The van der Waals surface area contributed by atoms with E-state index >= 15 is 0 Å². The molecule has 172 valence electrons. The third kappa shape index (κ3) is 7.39. The maximum Gasteiger partial charge on any atom is 0.410 e. The molecule has 2 aromatic rings. The van der Waals surface area contributed by atoms with Gasteiger partial charge in [-0.2, -0.15) is 0 Å². The molecule has 1 aliphatic heterocycles. The van der Waals surface area contributed by atoms with Crippen LogP contribution < -0.4 is 5.32 Å². The van der Waals surface area contributed by atoms with Crippen LogP contribution >= 0.6 is 0 Å². The zero-order valence-corrected chi connectivity index (χ0v) is 18.3. The van der Waals surface area contributed by atoms with E-state index in [1.807, 2.05) is 48.5 Å². The molecule has 1 aliphatic rings. The van der Waals surface area contributed by atoms with Crippen molar-refractivity contribution >= 4 is 18.0 Å². The quantitative estimate of drug-likeness (QED) is 0.602. The van der Waals surface area contributed by atoms with Gasteiger partial charge in [-0.25, -0.2) is 9.59 Å². The summed E-state index contributed by atoms with van der Waals surface area (Å²) in [5.74, 6) is -1.45. The standard InChI is InChI=1S/C13H17NO4.C11H13NO2/c1-3-14(10(2)12(15)16)13(17)18-9-11-7-5-4-6-8-11;13-11(14)10-6-9(7-12-10)8-4-2-1-3-5-8/h4-8,10H,3,9H2,1-2H3,(H,15,16);1-5,9-10,12H,6-7H2,(H,13,14)/t10-;9?,10-/m00/s1. The van der Waals surface area contributed by atoms with E-state index in [-0.39, 0.29) is 12.6 Å². The Balaban J connectivity index is 0.000000233. The number of carboxylic acids is 2. The van der Waals surface area contributed by atoms with Gasteiger partial charge in [0.1, 0.15) is 18.7 Å². The van der Waals surface area contributed by atoms with Crippen molar-refractivity contribution in [3.05, 3.63) is 71.8 Å². The minimum absolute atomic E-state index is 0.141. The van der Waals surface area contributed by atoms with Gasteiger partial charge in [0.25, 0.3) is 0 Å². The lowest BCUT2D eigenvalue weighted by Crippen LogP contribution is -2.43. The highest BCUT2D eigenvalue weighted by Crippen LogP contribution is 2.25. The largest absolute Gasteiger partial charge is 0.480 e. The first-order valence-electron chi connectivity index (χ1n) is 10.5. The van der Waals surface area contributed by atoms with Gasteiger partial charge in [-0.3, -0.25) is 9.69 Å². The number of ether oxygens (including phenoxy) is 1. The molecule has 1 saturated heterocycles. The first-order valence-corrected chi connectivity index (χ1v) is 10.5. The molecule has 0 bridgehead atoms. The number of aliphatic carboxylic acids is 2. The normalized spacial score (nSPS) is 18.1. The van der Waals surface area contributed by atoms with E-state index < -0.39 is 24.1 Å². The van der Waals surface area contributed by atoms with Gasteiger partial charge in [0.2, 0.25) is 0 Å². The molecule has 0 radical (unpaired) electrons. The fourth-order valence-corrected chi connectivity index (χ4v) is 3.40. The van der Waals surface area contributed by atoms with Crippen molar-refractivity contribution in [3.8, 4) is 0 Å². The fourth-order valence-electron chi connectivity index (χ4n) is 3.40. The van der Waals surface area contributed by atoms with E-state index in [1.165, 1.54) is 17.4 Å². The van der Waals surface area contributed by atoms with Crippen LogP contribution in [-0.2, 0) is 20.9 Å². The molecule has 3 rings (SSSR count). The zero-order chi connectivity index (χ0) is 23.5. The third-order valence-electron chi connectivity index (χ3n) is 5.31. The molecule has 1 unspecified atom stereocenters. The minimum Gasteiger partial charge on any atom is -0.480 e. The molecular weight excluding hydrogens is 412 g/mol. The molecular formula is C24H30N2O6. The van der Waals surface area contributed by atoms with Crippen LogP contribution in [0.4, 0.5) is 4.79 Å². The Morgan fingerprint density at radius 3 is 2.16 bits per heavy atom. The Kier molecular flexibility index (Phi) is 9.69. The van der Waals surface area contributed by atoms with Crippen molar-refractivity contribution in [2.75, 3.05) is 13.1 Å². The van der Waals surface area contributed by atoms with Crippen LogP contribution in [0.5, 0.6) is 0 Å². The number of benzene rings is 2. The Morgan fingerprint density at radius 1 is 1.06 bits per heavy atom. The van der Waals surface area contributed by atoms with Gasteiger partial charge in [0.15, 0.2) is 0 Å². The van der Waals surface area contributed by atoms with Crippen molar-refractivity contribution in [1.29, 1.82) is 0 Å². The van der Waals surface area contributed by atoms with Crippen LogP contribution in [0, 0.1) is 0 Å². The van der Waals surface area contributed by atoms with E-state index in [1.54, 1.807) is 6.92 Å². The molecule has 1 amide bonds. The molecule has 1 fully saturated rings. The number of hydrogen-bond acceptors (Lipinski definition) is 5. The van der Waals surface area contributed by atoms with E-state index in [4.69, 9.17) is 14.9 Å². The SMILES string of the molecule is CCN(C(=O)OCc1ccccc1)[C@@H](C)C(=O)O.O=C(O)[C@@H]1CC(c2ccccc2)CN1. The van der Waals surface area contributed by atoms with Gasteiger partial charge in [-0.05, 0) is 37.3 Å². The van der Waals surface area contributed by atoms with Gasteiger partial charge in [-0.1, -0.05) is 60.7 Å².